The summed E-state index contributed by atoms with van der Waals surface area (Å²) in [4.78, 5) is 56.2. The molecule has 0 unspecified atom stereocenters. The number of allylic oxidation sites excluding steroid dienone is 1. The van der Waals surface area contributed by atoms with Gasteiger partial charge in [-0.2, -0.15) is 0 Å². The molecule has 0 aromatic carbocycles. The van der Waals surface area contributed by atoms with Crippen LogP contribution < -0.4 is 5.32 Å². The third-order valence-corrected chi connectivity index (χ3v) is 7.49. The van der Waals surface area contributed by atoms with E-state index in [0.29, 0.717) is 19.5 Å². The summed E-state index contributed by atoms with van der Waals surface area (Å²) in [6.45, 7) is 4.55. The molecule has 0 bridgehead atoms. The minimum absolute atomic E-state index is 0.0296. The molecule has 0 radical (unpaired) electrons. The van der Waals surface area contributed by atoms with Gasteiger partial charge in [-0.15, -0.1) is 0 Å². The first-order valence-electron chi connectivity index (χ1n) is 13.0. The van der Waals surface area contributed by atoms with Gasteiger partial charge in [0.05, 0.1) is 25.2 Å². The molecular formula is C26H37N3O7. The van der Waals surface area contributed by atoms with Gasteiger partial charge in [-0.3, -0.25) is 19.2 Å². The molecule has 4 aliphatic rings. The number of ether oxygens (including phenoxy) is 2. The number of carbonyl (C=O) groups is 4. The number of aliphatic hydroxyl groups excluding tert-OH is 1. The standard InChI is InChI=1S/C26H37N3O7/c1-3-4-7-12-28-13-8-11-26-21(23(32)29(14-15-30)22(26)24(28)33)20-18(36-26)9-5-6-10-19(31)27-16-17(2)35-25(20)34/h5,8-9,11,17-18,20-22,30H,3-4,6-7,10,12-16H2,1-2H3,(H,27,31)/b9-5-/t17-,18-,20+,21+,22-,26+/m0/s1. The van der Waals surface area contributed by atoms with Gasteiger partial charge in [0.2, 0.25) is 17.7 Å². The van der Waals surface area contributed by atoms with Gasteiger partial charge < -0.3 is 29.7 Å². The van der Waals surface area contributed by atoms with Crippen LogP contribution in [0.4, 0.5) is 0 Å². The fourth-order valence-corrected chi connectivity index (χ4v) is 5.81. The predicted molar refractivity (Wildman–Crippen MR) is 129 cm³/mol. The Morgan fingerprint density at radius 2 is 1.94 bits per heavy atom. The van der Waals surface area contributed by atoms with Gasteiger partial charge in [0, 0.05) is 26.1 Å². The van der Waals surface area contributed by atoms with Crippen LogP contribution in [0.3, 0.4) is 0 Å². The van der Waals surface area contributed by atoms with Crippen LogP contribution in [0.1, 0.15) is 46.0 Å². The van der Waals surface area contributed by atoms with Crippen molar-refractivity contribution in [2.24, 2.45) is 11.8 Å². The van der Waals surface area contributed by atoms with E-state index in [1.54, 1.807) is 30.1 Å². The van der Waals surface area contributed by atoms with Crippen LogP contribution in [-0.2, 0) is 28.7 Å². The number of esters is 1. The number of fused-ring (bicyclic) bond motifs is 2. The van der Waals surface area contributed by atoms with Gasteiger partial charge in [0.25, 0.3) is 0 Å². The van der Waals surface area contributed by atoms with Crippen molar-refractivity contribution in [2.75, 3.05) is 32.8 Å². The van der Waals surface area contributed by atoms with Gasteiger partial charge in [-0.25, -0.2) is 0 Å². The van der Waals surface area contributed by atoms with Crippen LogP contribution >= 0.6 is 0 Å². The van der Waals surface area contributed by atoms with E-state index in [9.17, 15) is 24.3 Å². The van der Waals surface area contributed by atoms with E-state index in [-0.39, 0.29) is 37.9 Å². The monoisotopic (exact) mass is 503 g/mol. The zero-order valence-electron chi connectivity index (χ0n) is 21.1. The van der Waals surface area contributed by atoms with Crippen molar-refractivity contribution in [2.45, 2.75) is 69.8 Å². The quantitative estimate of drug-likeness (QED) is 0.308. The van der Waals surface area contributed by atoms with Crippen molar-refractivity contribution >= 4 is 23.7 Å². The number of unbranched alkanes of at least 4 members (excludes halogenated alkanes) is 2. The summed E-state index contributed by atoms with van der Waals surface area (Å²) in [7, 11) is 0. The molecule has 4 aliphatic heterocycles. The third-order valence-electron chi connectivity index (χ3n) is 7.49. The summed E-state index contributed by atoms with van der Waals surface area (Å²) in [5, 5.41) is 12.5. The highest BCUT2D eigenvalue weighted by atomic mass is 16.6. The lowest BCUT2D eigenvalue weighted by Crippen LogP contribution is -2.55. The summed E-state index contributed by atoms with van der Waals surface area (Å²) in [5.74, 6) is -3.29. The van der Waals surface area contributed by atoms with Crippen molar-refractivity contribution in [1.82, 2.24) is 15.1 Å². The molecule has 0 aliphatic carbocycles. The predicted octanol–water partition coefficient (Wildman–Crippen LogP) is 0.546. The lowest BCUT2D eigenvalue weighted by Gasteiger charge is -2.35. The molecule has 6 atom stereocenters. The number of hydrogen-bond acceptors (Lipinski definition) is 7. The number of rotatable bonds is 6. The Labute approximate surface area is 211 Å². The molecule has 4 heterocycles. The zero-order valence-corrected chi connectivity index (χ0v) is 21.1. The fourth-order valence-electron chi connectivity index (χ4n) is 5.81. The highest BCUT2D eigenvalue weighted by Gasteiger charge is 2.71. The van der Waals surface area contributed by atoms with E-state index < -0.39 is 47.6 Å². The van der Waals surface area contributed by atoms with Gasteiger partial charge in [-0.1, -0.05) is 44.1 Å². The second-order valence-corrected chi connectivity index (χ2v) is 10.0. The highest BCUT2D eigenvalue weighted by molar-refractivity contribution is 5.99. The Hall–Kier alpha value is -2.72. The molecule has 2 fully saturated rings. The van der Waals surface area contributed by atoms with Crippen LogP contribution in [0.5, 0.6) is 0 Å². The number of cyclic esters (lactones) is 1. The van der Waals surface area contributed by atoms with Gasteiger partial charge in [-0.05, 0) is 19.8 Å². The molecule has 10 heteroatoms. The maximum atomic E-state index is 13.9. The van der Waals surface area contributed by atoms with Crippen molar-refractivity contribution < 1.29 is 33.8 Å². The fraction of sp³-hybridized carbons (Fsp3) is 0.692. The van der Waals surface area contributed by atoms with Crippen molar-refractivity contribution in [3.05, 3.63) is 24.3 Å². The third kappa shape index (κ3) is 4.80. The maximum Gasteiger partial charge on any atom is 0.313 e. The molecule has 0 saturated carbocycles. The normalized spacial score (nSPS) is 35.7. The van der Waals surface area contributed by atoms with Gasteiger partial charge in [0.15, 0.2) is 0 Å². The van der Waals surface area contributed by atoms with Gasteiger partial charge in [0.1, 0.15) is 23.7 Å². The van der Waals surface area contributed by atoms with Crippen LogP contribution in [0.2, 0.25) is 0 Å². The van der Waals surface area contributed by atoms with Crippen LogP contribution in [0.25, 0.3) is 0 Å². The molecule has 198 valence electrons. The molecule has 3 amide bonds. The van der Waals surface area contributed by atoms with E-state index in [0.717, 1.165) is 19.3 Å². The summed E-state index contributed by atoms with van der Waals surface area (Å²) in [6.07, 6.45) is 9.30. The summed E-state index contributed by atoms with van der Waals surface area (Å²) in [6, 6.07) is -0.979. The first-order valence-corrected chi connectivity index (χ1v) is 13.0. The van der Waals surface area contributed by atoms with Gasteiger partial charge >= 0.3 is 5.97 Å². The number of likely N-dealkylation sites (tertiary alicyclic amines) is 1. The maximum absolute atomic E-state index is 13.9. The van der Waals surface area contributed by atoms with E-state index in [1.165, 1.54) is 4.90 Å². The highest BCUT2D eigenvalue weighted by Crippen LogP contribution is 2.53. The molecule has 1 spiro atoms. The Bertz CT molecular complexity index is 934. The molecule has 10 nitrogen and oxygen atoms in total. The molecule has 2 saturated heterocycles. The first-order chi connectivity index (χ1) is 17.3. The Balaban J connectivity index is 1.73. The minimum Gasteiger partial charge on any atom is -0.460 e. The average molecular weight is 504 g/mol. The summed E-state index contributed by atoms with van der Waals surface area (Å²) >= 11 is 0. The minimum atomic E-state index is -1.35. The molecule has 4 rings (SSSR count). The Morgan fingerprint density at radius 3 is 2.69 bits per heavy atom. The molecular weight excluding hydrogens is 466 g/mol. The van der Waals surface area contributed by atoms with Crippen LogP contribution in [0.15, 0.2) is 24.3 Å². The summed E-state index contributed by atoms with van der Waals surface area (Å²) in [5.41, 5.74) is -1.35. The molecule has 0 aromatic heterocycles. The van der Waals surface area contributed by atoms with E-state index in [1.807, 2.05) is 6.08 Å². The SMILES string of the molecule is CCCCCN1CC=C[C@@]23O[C@H]4/C=C\CCC(=O)NC[C@H](C)OC(=O)[C@H]4[C@@H]2C(=O)N(CCO)[C@H]3C1=O. The lowest BCUT2D eigenvalue weighted by molar-refractivity contribution is -0.158. The second kappa shape index (κ2) is 11.1. The molecule has 2 N–H and O–H groups in total. The second-order valence-electron chi connectivity index (χ2n) is 10.0. The number of nitrogens with zero attached hydrogens (tertiary/aromatic N) is 2. The average Bonchev–Trinajstić information content (AvgIpc) is 3.22. The Kier molecular flexibility index (Phi) is 8.14. The number of hydrogen-bond donors (Lipinski definition) is 2. The summed E-state index contributed by atoms with van der Waals surface area (Å²) < 4.78 is 12.2. The number of nitrogens with one attached hydrogen (secondary N) is 1. The van der Waals surface area contributed by atoms with E-state index >= 15 is 0 Å². The number of carbonyl (C=O) groups excluding carboxylic acids is 4. The first kappa shape index (κ1) is 26.3. The topological polar surface area (TPSA) is 125 Å². The van der Waals surface area contributed by atoms with Crippen molar-refractivity contribution in [3.63, 3.8) is 0 Å². The zero-order chi connectivity index (χ0) is 25.9. The van der Waals surface area contributed by atoms with Crippen LogP contribution in [-0.4, -0.2) is 95.2 Å². The van der Waals surface area contributed by atoms with Crippen molar-refractivity contribution in [3.8, 4) is 0 Å². The number of amides is 3. The van der Waals surface area contributed by atoms with E-state index in [4.69, 9.17) is 9.47 Å². The Morgan fingerprint density at radius 1 is 1.14 bits per heavy atom. The van der Waals surface area contributed by atoms with Crippen LogP contribution in [0, 0.1) is 11.8 Å². The van der Waals surface area contributed by atoms with E-state index in [2.05, 4.69) is 12.2 Å². The molecule has 36 heavy (non-hydrogen) atoms. The number of aliphatic hydroxyl groups is 1. The smallest absolute Gasteiger partial charge is 0.313 e. The largest absolute Gasteiger partial charge is 0.460 e. The van der Waals surface area contributed by atoms with Crippen molar-refractivity contribution in [1.29, 1.82) is 0 Å². The lowest BCUT2D eigenvalue weighted by atomic mass is 9.78. The number of β-amino-alcohol motifs (C(OH)–C–C–N with tert-alkyl or cyclic N) is 1. The molecule has 0 aromatic rings.